The molecule has 0 radical (unpaired) electrons. The Hall–Kier alpha value is -0.760. The number of hydrogen-bond acceptors (Lipinski definition) is 5. The lowest BCUT2D eigenvalue weighted by Gasteiger charge is -2.24. The number of halogens is 2. The van der Waals surface area contributed by atoms with Crippen molar-refractivity contribution in [2.45, 2.75) is 37.3 Å². The monoisotopic (exact) mass is 283 g/mol. The van der Waals surface area contributed by atoms with E-state index in [2.05, 4.69) is 10.1 Å². The van der Waals surface area contributed by atoms with Crippen molar-refractivity contribution in [1.29, 1.82) is 0 Å². The largest absolute Gasteiger partial charge is 0.456 e. The highest BCUT2D eigenvalue weighted by molar-refractivity contribution is 7.91. The van der Waals surface area contributed by atoms with Gasteiger partial charge in [-0.25, -0.2) is 13.2 Å². The lowest BCUT2D eigenvalue weighted by atomic mass is 10.1. The third-order valence-electron chi connectivity index (χ3n) is 3.25. The molecule has 0 saturated carbocycles. The van der Waals surface area contributed by atoms with Gasteiger partial charge < -0.3 is 10.1 Å². The van der Waals surface area contributed by atoms with Gasteiger partial charge >= 0.3 is 11.9 Å². The molecule has 0 aliphatic carbocycles. The fraction of sp³-hybridized carbons (Fsp3) is 0.900. The lowest BCUT2D eigenvalue weighted by Crippen LogP contribution is -2.41. The maximum absolute atomic E-state index is 12.9. The van der Waals surface area contributed by atoms with E-state index in [1.54, 1.807) is 0 Å². The zero-order valence-electron chi connectivity index (χ0n) is 9.69. The Morgan fingerprint density at radius 2 is 1.94 bits per heavy atom. The van der Waals surface area contributed by atoms with Gasteiger partial charge in [0.1, 0.15) is 15.9 Å². The second kappa shape index (κ2) is 4.73. The molecule has 2 rings (SSSR count). The summed E-state index contributed by atoms with van der Waals surface area (Å²) in [6.07, 6.45) is -0.492. The van der Waals surface area contributed by atoms with Gasteiger partial charge in [0.05, 0.1) is 17.9 Å². The molecule has 0 aromatic carbocycles. The molecule has 0 spiro atoms. The fourth-order valence-electron chi connectivity index (χ4n) is 2.15. The summed E-state index contributed by atoms with van der Waals surface area (Å²) in [6, 6.07) is -0.0125. The van der Waals surface area contributed by atoms with E-state index in [1.807, 2.05) is 0 Å². The molecule has 2 aliphatic rings. The van der Waals surface area contributed by atoms with E-state index in [4.69, 9.17) is 0 Å². The molecule has 18 heavy (non-hydrogen) atoms. The number of carbonyl (C=O) groups excluding carboxylic acids is 1. The molecule has 1 N–H and O–H groups in total. The molecule has 1 atom stereocenters. The summed E-state index contributed by atoms with van der Waals surface area (Å²) >= 11 is 0. The van der Waals surface area contributed by atoms with Gasteiger partial charge in [-0.15, -0.1) is 0 Å². The van der Waals surface area contributed by atoms with Gasteiger partial charge in [0.2, 0.25) is 0 Å². The number of rotatable bonds is 3. The van der Waals surface area contributed by atoms with Crippen LogP contribution in [0.1, 0.15) is 19.3 Å². The molecule has 0 aromatic rings. The molecule has 0 bridgehead atoms. The second-order valence-electron chi connectivity index (χ2n) is 4.77. The Labute approximate surface area is 104 Å². The molecule has 2 aliphatic heterocycles. The van der Waals surface area contributed by atoms with Crippen LogP contribution in [-0.4, -0.2) is 50.5 Å². The molecule has 8 heteroatoms. The van der Waals surface area contributed by atoms with Gasteiger partial charge in [-0.2, -0.15) is 8.78 Å². The molecular formula is C10H15F2NO4S. The predicted octanol–water partition coefficient (Wildman–Crippen LogP) is 0.104. The van der Waals surface area contributed by atoms with Gasteiger partial charge in [-0.05, 0) is 12.8 Å². The van der Waals surface area contributed by atoms with Crippen molar-refractivity contribution in [3.05, 3.63) is 0 Å². The van der Waals surface area contributed by atoms with Crippen LogP contribution in [0, 0.1) is 0 Å². The number of ether oxygens (including phenoxy) is 1. The number of nitrogens with one attached hydrogen (secondary N) is 1. The van der Waals surface area contributed by atoms with Crippen LogP contribution in [0.25, 0.3) is 0 Å². The number of sulfone groups is 1. The van der Waals surface area contributed by atoms with Crippen LogP contribution in [0.2, 0.25) is 0 Å². The summed E-state index contributed by atoms with van der Waals surface area (Å²) in [5.74, 6) is -4.63. The SMILES string of the molecule is O=C1OC(CNC2CCS(=O)(=O)CC2)CC1(F)F. The van der Waals surface area contributed by atoms with Crippen molar-refractivity contribution < 1.29 is 26.7 Å². The van der Waals surface area contributed by atoms with Crippen LogP contribution < -0.4 is 5.32 Å². The van der Waals surface area contributed by atoms with Gasteiger partial charge in [0.25, 0.3) is 0 Å². The summed E-state index contributed by atoms with van der Waals surface area (Å²) in [6.45, 7) is 0.145. The van der Waals surface area contributed by atoms with Crippen molar-refractivity contribution in [1.82, 2.24) is 5.32 Å². The van der Waals surface area contributed by atoms with Crippen LogP contribution in [0.3, 0.4) is 0 Å². The molecule has 5 nitrogen and oxygen atoms in total. The first kappa shape index (κ1) is 13.7. The van der Waals surface area contributed by atoms with Crippen molar-refractivity contribution in [2.75, 3.05) is 18.1 Å². The van der Waals surface area contributed by atoms with Crippen LogP contribution in [0.15, 0.2) is 0 Å². The standard InChI is InChI=1S/C10H15F2NO4S/c11-10(12)5-8(17-9(10)14)6-13-7-1-3-18(15,16)4-2-7/h7-8,13H,1-6H2. The normalized spacial score (nSPS) is 31.2. The predicted molar refractivity (Wildman–Crippen MR) is 59.1 cm³/mol. The molecule has 104 valence electrons. The molecule has 0 amide bonds. The van der Waals surface area contributed by atoms with Crippen LogP contribution in [0.4, 0.5) is 8.78 Å². The van der Waals surface area contributed by atoms with Gasteiger partial charge in [0, 0.05) is 12.6 Å². The topological polar surface area (TPSA) is 72.5 Å². The average Bonchev–Trinajstić information content (AvgIpc) is 2.51. The second-order valence-corrected chi connectivity index (χ2v) is 7.07. The summed E-state index contributed by atoms with van der Waals surface area (Å²) in [5.41, 5.74) is 0. The molecule has 1 unspecified atom stereocenters. The molecule has 2 saturated heterocycles. The van der Waals surface area contributed by atoms with Gasteiger partial charge in [0.15, 0.2) is 0 Å². The van der Waals surface area contributed by atoms with E-state index in [1.165, 1.54) is 0 Å². The summed E-state index contributed by atoms with van der Waals surface area (Å²) in [5, 5.41) is 2.98. The maximum Gasteiger partial charge on any atom is 0.377 e. The van der Waals surface area contributed by atoms with E-state index in [9.17, 15) is 22.0 Å². The number of hydrogen-bond donors (Lipinski definition) is 1. The number of cyclic esters (lactones) is 1. The Morgan fingerprint density at radius 3 is 2.44 bits per heavy atom. The summed E-state index contributed by atoms with van der Waals surface area (Å²) in [4.78, 5) is 10.8. The number of esters is 1. The number of carbonyl (C=O) groups is 1. The van der Waals surface area contributed by atoms with Crippen molar-refractivity contribution in [3.8, 4) is 0 Å². The first-order valence-corrected chi connectivity index (χ1v) is 7.63. The van der Waals surface area contributed by atoms with E-state index in [-0.39, 0.29) is 24.1 Å². The first-order valence-electron chi connectivity index (χ1n) is 5.81. The van der Waals surface area contributed by atoms with E-state index < -0.39 is 34.3 Å². The third kappa shape index (κ3) is 3.17. The van der Waals surface area contributed by atoms with Crippen molar-refractivity contribution in [2.24, 2.45) is 0 Å². The zero-order chi connectivity index (χ0) is 13.4. The van der Waals surface area contributed by atoms with Crippen LogP contribution >= 0.6 is 0 Å². The Kier molecular flexibility index (Phi) is 3.59. The lowest BCUT2D eigenvalue weighted by molar-refractivity contribution is -0.159. The minimum Gasteiger partial charge on any atom is -0.456 e. The maximum atomic E-state index is 12.9. The quantitative estimate of drug-likeness (QED) is 0.744. The van der Waals surface area contributed by atoms with E-state index >= 15 is 0 Å². The van der Waals surface area contributed by atoms with E-state index in [0.29, 0.717) is 12.8 Å². The summed E-state index contributed by atoms with van der Waals surface area (Å²) in [7, 11) is -2.93. The van der Waals surface area contributed by atoms with E-state index in [0.717, 1.165) is 0 Å². The first-order chi connectivity index (χ1) is 8.28. The molecule has 2 fully saturated rings. The van der Waals surface area contributed by atoms with Crippen LogP contribution in [0.5, 0.6) is 0 Å². The highest BCUT2D eigenvalue weighted by Crippen LogP contribution is 2.30. The minimum absolute atomic E-state index is 0.0125. The van der Waals surface area contributed by atoms with Gasteiger partial charge in [-0.3, -0.25) is 0 Å². The Balaban J connectivity index is 1.75. The third-order valence-corrected chi connectivity index (χ3v) is 4.96. The highest BCUT2D eigenvalue weighted by Gasteiger charge is 2.50. The Bertz CT molecular complexity index is 423. The average molecular weight is 283 g/mol. The molecule has 2 heterocycles. The van der Waals surface area contributed by atoms with Gasteiger partial charge in [-0.1, -0.05) is 0 Å². The smallest absolute Gasteiger partial charge is 0.377 e. The van der Waals surface area contributed by atoms with Crippen molar-refractivity contribution in [3.63, 3.8) is 0 Å². The minimum atomic E-state index is -3.39. The molecule has 0 aromatic heterocycles. The fourth-order valence-corrected chi connectivity index (χ4v) is 3.65. The Morgan fingerprint density at radius 1 is 1.33 bits per heavy atom. The summed E-state index contributed by atoms with van der Waals surface area (Å²) < 4.78 is 52.7. The highest BCUT2D eigenvalue weighted by atomic mass is 32.2. The van der Waals surface area contributed by atoms with Crippen LogP contribution in [-0.2, 0) is 19.4 Å². The zero-order valence-corrected chi connectivity index (χ0v) is 10.5. The van der Waals surface area contributed by atoms with Crippen molar-refractivity contribution >= 4 is 15.8 Å². The number of alkyl halides is 2. The molecular weight excluding hydrogens is 268 g/mol.